The minimum atomic E-state index is -0.0130. The lowest BCUT2D eigenvalue weighted by Crippen LogP contribution is -2.43. The minimum absolute atomic E-state index is 0. The lowest BCUT2D eigenvalue weighted by molar-refractivity contribution is -0.127. The average Bonchev–Trinajstić information content (AvgIpc) is 3.30. The number of ether oxygens (including phenoxy) is 1. The number of nitrogens with zero attached hydrogens (tertiary/aromatic N) is 4. The van der Waals surface area contributed by atoms with E-state index in [2.05, 4.69) is 39.1 Å². The molecule has 0 saturated heterocycles. The molecule has 0 atom stereocenters. The largest absolute Gasteiger partial charge is 0.481 e. The number of amides is 1. The molecule has 0 spiro atoms. The van der Waals surface area contributed by atoms with Gasteiger partial charge in [-0.1, -0.05) is 13.0 Å². The van der Waals surface area contributed by atoms with E-state index in [4.69, 9.17) is 4.74 Å². The van der Waals surface area contributed by atoms with E-state index >= 15 is 0 Å². The number of carbonyl (C=O) groups is 1. The lowest BCUT2D eigenvalue weighted by atomic mass is 10.2. The first-order valence-electron chi connectivity index (χ1n) is 9.29. The van der Waals surface area contributed by atoms with Crippen LogP contribution in [0.2, 0.25) is 0 Å². The fraction of sp³-hybridized carbons (Fsp3) is 0.526. The Bertz CT molecular complexity index is 789. The molecule has 0 radical (unpaired) electrons. The van der Waals surface area contributed by atoms with Crippen molar-refractivity contribution >= 4 is 47.2 Å². The van der Waals surface area contributed by atoms with Gasteiger partial charge in [-0.15, -0.1) is 35.3 Å². The molecule has 2 aromatic rings. The molecular weight excluding hydrogens is 503 g/mol. The van der Waals surface area contributed by atoms with E-state index in [0.29, 0.717) is 18.4 Å². The number of aromatic nitrogens is 2. The third-order valence-electron chi connectivity index (χ3n) is 4.24. The Hall–Kier alpha value is -1.82. The van der Waals surface area contributed by atoms with Gasteiger partial charge in [0.15, 0.2) is 5.96 Å². The zero-order valence-electron chi connectivity index (χ0n) is 17.7. The Labute approximate surface area is 193 Å². The standard InChI is InChI=1S/C19H30N6O2S.HI/c1-6-16-15(18(27-5)25(4)23-16)12-21-19(22-13-17(26)24(2)3)20-10-9-14-8-7-11-28-14;/h7-8,11H,6,9-10,12-13H2,1-5H3,(H2,20,21,22);1H. The van der Waals surface area contributed by atoms with Crippen LogP contribution in [-0.2, 0) is 31.2 Å². The highest BCUT2D eigenvalue weighted by molar-refractivity contribution is 14.0. The molecule has 0 fully saturated rings. The Kier molecular flexibility index (Phi) is 11.0. The van der Waals surface area contributed by atoms with Gasteiger partial charge in [0.25, 0.3) is 0 Å². The third kappa shape index (κ3) is 7.50. The van der Waals surface area contributed by atoms with Crippen LogP contribution in [0.1, 0.15) is 23.1 Å². The molecule has 29 heavy (non-hydrogen) atoms. The minimum Gasteiger partial charge on any atom is -0.481 e. The van der Waals surface area contributed by atoms with Crippen molar-refractivity contribution in [1.29, 1.82) is 0 Å². The predicted octanol–water partition coefficient (Wildman–Crippen LogP) is 2.04. The highest BCUT2D eigenvalue weighted by Crippen LogP contribution is 2.22. The molecule has 0 aliphatic rings. The highest BCUT2D eigenvalue weighted by Gasteiger charge is 2.15. The zero-order valence-corrected chi connectivity index (χ0v) is 20.8. The van der Waals surface area contributed by atoms with Crippen LogP contribution in [0.15, 0.2) is 22.5 Å². The van der Waals surface area contributed by atoms with Crippen LogP contribution in [0.3, 0.4) is 0 Å². The normalized spacial score (nSPS) is 11.0. The second kappa shape index (κ2) is 12.7. The molecule has 2 N–H and O–H groups in total. The van der Waals surface area contributed by atoms with E-state index < -0.39 is 0 Å². The Morgan fingerprint density at radius 1 is 1.38 bits per heavy atom. The third-order valence-corrected chi connectivity index (χ3v) is 5.18. The lowest BCUT2D eigenvalue weighted by Gasteiger charge is -2.15. The number of hydrogen-bond acceptors (Lipinski definition) is 5. The molecule has 162 valence electrons. The summed E-state index contributed by atoms with van der Waals surface area (Å²) in [5.74, 6) is 1.29. The van der Waals surface area contributed by atoms with E-state index in [0.717, 1.165) is 30.6 Å². The number of hydrogen-bond donors (Lipinski definition) is 2. The number of likely N-dealkylation sites (N-methyl/N-ethyl adjacent to an activating group) is 1. The van der Waals surface area contributed by atoms with Gasteiger partial charge in [0.1, 0.15) is 0 Å². The molecule has 0 aliphatic carbocycles. The van der Waals surface area contributed by atoms with Gasteiger partial charge in [-0.05, 0) is 24.3 Å². The molecule has 2 rings (SSSR count). The smallest absolute Gasteiger partial charge is 0.241 e. The monoisotopic (exact) mass is 534 g/mol. The van der Waals surface area contributed by atoms with E-state index in [-0.39, 0.29) is 36.4 Å². The number of thiophene rings is 1. The maximum atomic E-state index is 11.9. The molecular formula is C19H31IN6O2S. The number of halogens is 1. The van der Waals surface area contributed by atoms with Crippen LogP contribution >= 0.6 is 35.3 Å². The predicted molar refractivity (Wildman–Crippen MR) is 128 cm³/mol. The Morgan fingerprint density at radius 3 is 2.72 bits per heavy atom. The summed E-state index contributed by atoms with van der Waals surface area (Å²) < 4.78 is 7.21. The Morgan fingerprint density at radius 2 is 2.14 bits per heavy atom. The summed E-state index contributed by atoms with van der Waals surface area (Å²) >= 11 is 1.73. The summed E-state index contributed by atoms with van der Waals surface area (Å²) in [5.41, 5.74) is 1.93. The zero-order chi connectivity index (χ0) is 20.5. The van der Waals surface area contributed by atoms with Crippen molar-refractivity contribution in [2.24, 2.45) is 12.0 Å². The quantitative estimate of drug-likeness (QED) is 0.292. The SMILES string of the molecule is CCc1nn(C)c(OC)c1CN=C(NCCc1cccs1)NCC(=O)N(C)C.I. The topological polar surface area (TPSA) is 83.8 Å². The van der Waals surface area contributed by atoms with Crippen molar-refractivity contribution in [1.82, 2.24) is 25.3 Å². The van der Waals surface area contributed by atoms with E-state index in [1.807, 2.05) is 13.1 Å². The van der Waals surface area contributed by atoms with Crippen LogP contribution < -0.4 is 15.4 Å². The second-order valence-corrected chi connectivity index (χ2v) is 7.51. The summed E-state index contributed by atoms with van der Waals surface area (Å²) in [7, 11) is 6.97. The summed E-state index contributed by atoms with van der Waals surface area (Å²) in [6, 6.07) is 4.16. The highest BCUT2D eigenvalue weighted by atomic mass is 127. The fourth-order valence-corrected chi connectivity index (χ4v) is 3.42. The van der Waals surface area contributed by atoms with E-state index in [1.54, 1.807) is 42.1 Å². The van der Waals surface area contributed by atoms with E-state index in [1.165, 1.54) is 4.88 Å². The van der Waals surface area contributed by atoms with Crippen molar-refractivity contribution in [3.8, 4) is 5.88 Å². The summed E-state index contributed by atoms with van der Waals surface area (Å²) in [5, 5.41) is 13.0. The van der Waals surface area contributed by atoms with Crippen molar-refractivity contribution in [3.63, 3.8) is 0 Å². The molecule has 10 heteroatoms. The van der Waals surface area contributed by atoms with Crippen LogP contribution in [0, 0.1) is 0 Å². The summed E-state index contributed by atoms with van der Waals surface area (Å²) in [6.45, 7) is 3.39. The van der Waals surface area contributed by atoms with Gasteiger partial charge in [0.05, 0.1) is 31.5 Å². The van der Waals surface area contributed by atoms with Crippen LogP contribution in [0.4, 0.5) is 0 Å². The van der Waals surface area contributed by atoms with Crippen molar-refractivity contribution < 1.29 is 9.53 Å². The second-order valence-electron chi connectivity index (χ2n) is 6.47. The molecule has 0 unspecified atom stereocenters. The summed E-state index contributed by atoms with van der Waals surface area (Å²) in [4.78, 5) is 19.5. The van der Waals surface area contributed by atoms with Gasteiger partial charge in [0, 0.05) is 32.6 Å². The van der Waals surface area contributed by atoms with Crippen LogP contribution in [-0.4, -0.2) is 60.8 Å². The van der Waals surface area contributed by atoms with Gasteiger partial charge in [0.2, 0.25) is 11.8 Å². The van der Waals surface area contributed by atoms with Gasteiger partial charge < -0.3 is 20.3 Å². The van der Waals surface area contributed by atoms with E-state index in [9.17, 15) is 4.79 Å². The number of rotatable bonds is 9. The molecule has 2 aromatic heterocycles. The summed E-state index contributed by atoms with van der Waals surface area (Å²) in [6.07, 6.45) is 1.70. The first kappa shape index (κ1) is 25.2. The Balaban J connectivity index is 0.00000420. The molecule has 0 aliphatic heterocycles. The van der Waals surface area contributed by atoms with Gasteiger partial charge >= 0.3 is 0 Å². The number of carbonyl (C=O) groups excluding carboxylic acids is 1. The number of aryl methyl sites for hydroxylation is 2. The fourth-order valence-electron chi connectivity index (χ4n) is 2.71. The maximum absolute atomic E-state index is 11.9. The van der Waals surface area contributed by atoms with Gasteiger partial charge in [-0.3, -0.25) is 4.79 Å². The maximum Gasteiger partial charge on any atom is 0.241 e. The first-order valence-corrected chi connectivity index (χ1v) is 10.2. The average molecular weight is 534 g/mol. The molecule has 0 aromatic carbocycles. The molecule has 2 heterocycles. The van der Waals surface area contributed by atoms with Crippen LogP contribution in [0.25, 0.3) is 0 Å². The number of guanidine groups is 1. The molecule has 1 amide bonds. The van der Waals surface area contributed by atoms with Gasteiger partial charge in [-0.25, -0.2) is 9.67 Å². The van der Waals surface area contributed by atoms with Crippen molar-refractivity contribution in [2.75, 3.05) is 34.3 Å². The van der Waals surface area contributed by atoms with Crippen LogP contribution in [0.5, 0.6) is 5.88 Å². The van der Waals surface area contributed by atoms with Crippen molar-refractivity contribution in [3.05, 3.63) is 33.6 Å². The molecule has 8 nitrogen and oxygen atoms in total. The first-order chi connectivity index (χ1) is 13.5. The van der Waals surface area contributed by atoms with Gasteiger partial charge in [-0.2, -0.15) is 5.10 Å². The number of methoxy groups -OCH3 is 1. The number of nitrogens with one attached hydrogen (secondary N) is 2. The molecule has 0 bridgehead atoms. The number of aliphatic imine (C=N–C) groups is 1. The van der Waals surface area contributed by atoms with Crippen molar-refractivity contribution in [2.45, 2.75) is 26.3 Å². The molecule has 0 saturated carbocycles.